The number of thiophene rings is 1. The predicted molar refractivity (Wildman–Crippen MR) is 83.5 cm³/mol. The monoisotopic (exact) mass is 306 g/mol. The number of nitrogens with one attached hydrogen (secondary N) is 1. The van der Waals surface area contributed by atoms with Crippen molar-refractivity contribution in [1.29, 1.82) is 0 Å². The van der Waals surface area contributed by atoms with Gasteiger partial charge in [-0.1, -0.05) is 13.8 Å². The van der Waals surface area contributed by atoms with E-state index in [1.807, 2.05) is 25.3 Å². The third-order valence-electron chi connectivity index (χ3n) is 3.33. The number of ketones is 1. The van der Waals surface area contributed by atoms with E-state index < -0.39 is 6.04 Å². The van der Waals surface area contributed by atoms with Crippen LogP contribution in [-0.2, 0) is 16.1 Å². The molecule has 21 heavy (non-hydrogen) atoms. The maximum atomic E-state index is 12.2. The zero-order valence-electron chi connectivity index (χ0n) is 12.3. The fraction of sp³-hybridized carbons (Fsp3) is 0.400. The number of Topliss-reactive ketones (excluding diaryl/α,β-unsaturated/α-hetero) is 1. The molecule has 6 heteroatoms. The van der Waals surface area contributed by atoms with E-state index in [-0.39, 0.29) is 29.7 Å². The lowest BCUT2D eigenvalue weighted by Gasteiger charge is -2.19. The van der Waals surface area contributed by atoms with Crippen molar-refractivity contribution in [3.63, 3.8) is 0 Å². The zero-order valence-corrected chi connectivity index (χ0v) is 13.1. The lowest BCUT2D eigenvalue weighted by atomic mass is 10.0. The summed E-state index contributed by atoms with van der Waals surface area (Å²) in [4.78, 5) is 35.7. The molecule has 0 bridgehead atoms. The van der Waals surface area contributed by atoms with Crippen molar-refractivity contribution in [2.24, 2.45) is 5.92 Å². The van der Waals surface area contributed by atoms with Crippen LogP contribution in [0.2, 0.25) is 0 Å². The summed E-state index contributed by atoms with van der Waals surface area (Å²) in [7, 11) is 0. The molecule has 0 fully saturated rings. The summed E-state index contributed by atoms with van der Waals surface area (Å²) >= 11 is 1.49. The maximum Gasteiger partial charge on any atom is 0.259 e. The van der Waals surface area contributed by atoms with E-state index in [1.165, 1.54) is 22.8 Å². The Morgan fingerprint density at radius 3 is 2.67 bits per heavy atom. The highest BCUT2D eigenvalue weighted by Gasteiger charge is 2.20. The van der Waals surface area contributed by atoms with Crippen LogP contribution in [0.3, 0.4) is 0 Å². The van der Waals surface area contributed by atoms with Crippen LogP contribution in [0, 0.1) is 5.92 Å². The van der Waals surface area contributed by atoms with Gasteiger partial charge in [0, 0.05) is 10.9 Å². The van der Waals surface area contributed by atoms with Crippen LogP contribution >= 0.6 is 11.3 Å². The molecule has 1 N–H and O–H groups in total. The molecule has 0 aliphatic rings. The molecule has 2 aromatic rings. The molecule has 1 amide bonds. The summed E-state index contributed by atoms with van der Waals surface area (Å²) < 4.78 is 2.27. The van der Waals surface area contributed by atoms with Gasteiger partial charge in [-0.3, -0.25) is 14.4 Å². The van der Waals surface area contributed by atoms with Crippen molar-refractivity contribution in [1.82, 2.24) is 9.88 Å². The Morgan fingerprint density at radius 1 is 1.33 bits per heavy atom. The normalized spacial score (nSPS) is 12.6. The van der Waals surface area contributed by atoms with Gasteiger partial charge >= 0.3 is 0 Å². The minimum Gasteiger partial charge on any atom is -0.344 e. The van der Waals surface area contributed by atoms with E-state index in [0.29, 0.717) is 5.39 Å². The Labute approximate surface area is 126 Å². The molecule has 0 aliphatic heterocycles. The van der Waals surface area contributed by atoms with Crippen LogP contribution in [0.1, 0.15) is 20.8 Å². The van der Waals surface area contributed by atoms with E-state index >= 15 is 0 Å². The van der Waals surface area contributed by atoms with Crippen LogP contribution in [0.25, 0.3) is 10.1 Å². The van der Waals surface area contributed by atoms with Gasteiger partial charge in [-0.2, -0.15) is 0 Å². The average Bonchev–Trinajstić information content (AvgIpc) is 2.87. The first-order valence-electron chi connectivity index (χ1n) is 6.76. The fourth-order valence-corrected chi connectivity index (χ4v) is 3.02. The zero-order chi connectivity index (χ0) is 15.6. The first-order chi connectivity index (χ1) is 9.90. The van der Waals surface area contributed by atoms with Crippen molar-refractivity contribution in [3.8, 4) is 0 Å². The quantitative estimate of drug-likeness (QED) is 0.915. The molecule has 2 aromatic heterocycles. The minimum atomic E-state index is -0.516. The fourth-order valence-electron chi connectivity index (χ4n) is 2.24. The summed E-state index contributed by atoms with van der Waals surface area (Å²) in [6, 6.07) is 3.06. The number of fused-ring (bicyclic) bond motifs is 1. The average molecular weight is 306 g/mol. The number of carbonyl (C=O) groups is 2. The Morgan fingerprint density at radius 2 is 2.05 bits per heavy atom. The standard InChI is InChI=1S/C15H18N2O3S/c1-9(2)14(10(3)18)16-13(19)8-17-6-4-12-11(15(17)20)5-7-21-12/h4-7,9,14H,8H2,1-3H3,(H,16,19). The first kappa shape index (κ1) is 15.4. The topological polar surface area (TPSA) is 68.2 Å². The van der Waals surface area contributed by atoms with Crippen molar-refractivity contribution >= 4 is 33.1 Å². The first-order valence-corrected chi connectivity index (χ1v) is 7.64. The van der Waals surface area contributed by atoms with Crippen molar-refractivity contribution < 1.29 is 9.59 Å². The molecule has 0 aromatic carbocycles. The lowest BCUT2D eigenvalue weighted by molar-refractivity contribution is -0.128. The smallest absolute Gasteiger partial charge is 0.259 e. The number of carbonyl (C=O) groups excluding carboxylic acids is 2. The second-order valence-corrected chi connectivity index (χ2v) is 6.29. The van der Waals surface area contributed by atoms with Crippen LogP contribution in [0.15, 0.2) is 28.5 Å². The number of amides is 1. The van der Waals surface area contributed by atoms with Crippen molar-refractivity contribution in [2.45, 2.75) is 33.4 Å². The van der Waals surface area contributed by atoms with E-state index in [1.54, 1.807) is 12.3 Å². The van der Waals surface area contributed by atoms with Crippen LogP contribution in [0.4, 0.5) is 0 Å². The molecule has 0 spiro atoms. The number of nitrogens with zero attached hydrogens (tertiary/aromatic N) is 1. The summed E-state index contributed by atoms with van der Waals surface area (Å²) in [5.74, 6) is -0.401. The molecular weight excluding hydrogens is 288 g/mol. The third-order valence-corrected chi connectivity index (χ3v) is 4.21. The summed E-state index contributed by atoms with van der Waals surface area (Å²) in [5.41, 5.74) is -0.187. The van der Waals surface area contributed by atoms with Crippen molar-refractivity contribution in [2.75, 3.05) is 0 Å². The van der Waals surface area contributed by atoms with Gasteiger partial charge in [0.15, 0.2) is 5.78 Å². The molecule has 1 unspecified atom stereocenters. The van der Waals surface area contributed by atoms with Gasteiger partial charge < -0.3 is 9.88 Å². The Kier molecular flexibility index (Phi) is 4.57. The lowest BCUT2D eigenvalue weighted by Crippen LogP contribution is -2.45. The van der Waals surface area contributed by atoms with E-state index in [4.69, 9.17) is 0 Å². The second-order valence-electron chi connectivity index (χ2n) is 5.35. The van der Waals surface area contributed by atoms with Crippen LogP contribution < -0.4 is 10.9 Å². The summed E-state index contributed by atoms with van der Waals surface area (Å²) in [6.07, 6.45) is 1.61. The highest BCUT2D eigenvalue weighted by Crippen LogP contribution is 2.16. The van der Waals surface area contributed by atoms with E-state index in [9.17, 15) is 14.4 Å². The number of aromatic nitrogens is 1. The summed E-state index contributed by atoms with van der Waals surface area (Å²) in [5, 5.41) is 5.15. The van der Waals surface area contributed by atoms with E-state index in [0.717, 1.165) is 4.70 Å². The van der Waals surface area contributed by atoms with Crippen molar-refractivity contribution in [3.05, 3.63) is 34.1 Å². The van der Waals surface area contributed by atoms with Crippen LogP contribution in [-0.4, -0.2) is 22.3 Å². The highest BCUT2D eigenvalue weighted by atomic mass is 32.1. The molecular formula is C15H18N2O3S. The predicted octanol–water partition coefficient (Wildman–Crippen LogP) is 1.79. The molecule has 1 atom stereocenters. The van der Waals surface area contributed by atoms with Gasteiger partial charge in [-0.05, 0) is 30.4 Å². The molecule has 0 radical (unpaired) electrons. The Hall–Kier alpha value is -1.95. The number of hydrogen-bond donors (Lipinski definition) is 1. The highest BCUT2D eigenvalue weighted by molar-refractivity contribution is 7.17. The summed E-state index contributed by atoms with van der Waals surface area (Å²) in [6.45, 7) is 5.11. The van der Waals surface area contributed by atoms with Gasteiger partial charge in [0.2, 0.25) is 5.91 Å². The SMILES string of the molecule is CC(=O)C(NC(=O)Cn1ccc2sccc2c1=O)C(C)C. The molecule has 112 valence electrons. The Bertz CT molecular complexity index is 730. The molecule has 5 nitrogen and oxygen atoms in total. The Balaban J connectivity index is 2.16. The largest absolute Gasteiger partial charge is 0.344 e. The molecule has 0 aliphatic carbocycles. The third kappa shape index (κ3) is 3.39. The van der Waals surface area contributed by atoms with E-state index in [2.05, 4.69) is 5.32 Å². The number of rotatable bonds is 5. The van der Waals surface area contributed by atoms with Gasteiger partial charge in [0.1, 0.15) is 6.54 Å². The molecule has 0 saturated heterocycles. The maximum absolute atomic E-state index is 12.2. The van der Waals surface area contributed by atoms with Crippen LogP contribution in [0.5, 0.6) is 0 Å². The van der Waals surface area contributed by atoms with Gasteiger partial charge in [-0.15, -0.1) is 11.3 Å². The molecule has 2 rings (SSSR count). The number of pyridine rings is 1. The van der Waals surface area contributed by atoms with Gasteiger partial charge in [-0.25, -0.2) is 0 Å². The number of hydrogen-bond acceptors (Lipinski definition) is 4. The molecule has 0 saturated carbocycles. The minimum absolute atomic E-state index is 0.0162. The molecule has 2 heterocycles. The van der Waals surface area contributed by atoms with Gasteiger partial charge in [0.25, 0.3) is 5.56 Å². The second kappa shape index (κ2) is 6.22. The van der Waals surface area contributed by atoms with Gasteiger partial charge in [0.05, 0.1) is 11.4 Å².